The molecule has 0 aliphatic carbocycles. The van der Waals surface area contributed by atoms with E-state index in [1.165, 1.54) is 11.3 Å². The molecule has 0 bridgehead atoms. The van der Waals surface area contributed by atoms with Crippen molar-refractivity contribution < 1.29 is 9.90 Å². The predicted octanol–water partition coefficient (Wildman–Crippen LogP) is 4.11. The summed E-state index contributed by atoms with van der Waals surface area (Å²) in [6.07, 6.45) is 0. The molecular formula is C17H14N2O2S2. The lowest BCUT2D eigenvalue weighted by atomic mass is 10.1. The van der Waals surface area contributed by atoms with E-state index in [1.54, 1.807) is 0 Å². The molecule has 6 heteroatoms. The molecule has 0 saturated carbocycles. The number of thiazole rings is 1. The third-order valence-corrected chi connectivity index (χ3v) is 5.14. The molecule has 4 nitrogen and oxygen atoms in total. The van der Waals surface area contributed by atoms with Crippen LogP contribution in [0.15, 0.2) is 54.6 Å². The molecule has 2 aromatic carbocycles. The van der Waals surface area contributed by atoms with E-state index >= 15 is 0 Å². The highest BCUT2D eigenvalue weighted by Crippen LogP contribution is 2.40. The molecule has 0 spiro atoms. The van der Waals surface area contributed by atoms with E-state index in [0.717, 1.165) is 21.7 Å². The van der Waals surface area contributed by atoms with E-state index in [4.69, 9.17) is 5.73 Å². The van der Waals surface area contributed by atoms with E-state index in [9.17, 15) is 9.90 Å². The second-order valence-electron chi connectivity index (χ2n) is 4.96. The first-order valence-electron chi connectivity index (χ1n) is 6.89. The minimum Gasteiger partial charge on any atom is -0.480 e. The molecular weight excluding hydrogens is 328 g/mol. The lowest BCUT2D eigenvalue weighted by molar-refractivity contribution is -0.136. The minimum absolute atomic E-state index is 0.464. The molecule has 3 N–H and O–H groups in total. The third kappa shape index (κ3) is 3.23. The van der Waals surface area contributed by atoms with Crippen LogP contribution >= 0.6 is 24.0 Å². The van der Waals surface area contributed by atoms with Gasteiger partial charge in [-0.25, -0.2) is 4.98 Å². The van der Waals surface area contributed by atoms with Gasteiger partial charge in [0.2, 0.25) is 0 Å². The zero-order valence-corrected chi connectivity index (χ0v) is 13.7. The summed E-state index contributed by atoms with van der Waals surface area (Å²) in [6.45, 7) is 0. The van der Waals surface area contributed by atoms with Crippen molar-refractivity contribution in [1.82, 2.24) is 4.98 Å². The van der Waals surface area contributed by atoms with Crippen LogP contribution in [-0.2, 0) is 4.79 Å². The molecule has 116 valence electrons. The van der Waals surface area contributed by atoms with Gasteiger partial charge in [0.25, 0.3) is 0 Å². The maximum absolute atomic E-state index is 11.2. The Hall–Kier alpha value is -2.31. The van der Waals surface area contributed by atoms with Crippen LogP contribution in [0.25, 0.3) is 21.7 Å². The third-order valence-electron chi connectivity index (χ3n) is 3.33. The Kier molecular flexibility index (Phi) is 4.36. The highest BCUT2D eigenvalue weighted by atomic mass is 32.1. The lowest BCUT2D eigenvalue weighted by Gasteiger charge is -2.03. The van der Waals surface area contributed by atoms with Gasteiger partial charge in [0.05, 0.1) is 10.6 Å². The normalized spacial score (nSPS) is 12.0. The molecule has 23 heavy (non-hydrogen) atoms. The van der Waals surface area contributed by atoms with Gasteiger partial charge in [-0.2, -0.15) is 12.6 Å². The van der Waals surface area contributed by atoms with Crippen LogP contribution in [0, 0.1) is 0 Å². The molecule has 1 heterocycles. The van der Waals surface area contributed by atoms with Crippen LogP contribution in [0.2, 0.25) is 0 Å². The predicted molar refractivity (Wildman–Crippen MR) is 96.8 cm³/mol. The van der Waals surface area contributed by atoms with Gasteiger partial charge in [-0.1, -0.05) is 42.5 Å². The van der Waals surface area contributed by atoms with Gasteiger partial charge in [0, 0.05) is 11.3 Å². The monoisotopic (exact) mass is 342 g/mol. The fraction of sp³-hybridized carbons (Fsp3) is 0.0588. The van der Waals surface area contributed by atoms with Crippen molar-refractivity contribution in [3.63, 3.8) is 0 Å². The van der Waals surface area contributed by atoms with E-state index in [0.29, 0.717) is 10.7 Å². The molecule has 3 rings (SSSR count). The molecule has 0 amide bonds. The van der Waals surface area contributed by atoms with Gasteiger partial charge in [-0.15, -0.1) is 11.3 Å². The van der Waals surface area contributed by atoms with Gasteiger partial charge in [0.15, 0.2) is 5.25 Å². The Bertz CT molecular complexity index is 830. The number of nitrogen functional groups attached to an aromatic ring is 1. The summed E-state index contributed by atoms with van der Waals surface area (Å²) in [5.41, 5.74) is 9.07. The van der Waals surface area contributed by atoms with Gasteiger partial charge in [0.1, 0.15) is 5.01 Å². The zero-order chi connectivity index (χ0) is 16.4. The maximum atomic E-state index is 11.2. The van der Waals surface area contributed by atoms with Crippen LogP contribution in [0.1, 0.15) is 10.3 Å². The Balaban J connectivity index is 2.16. The van der Waals surface area contributed by atoms with Crippen molar-refractivity contribution in [3.05, 3.63) is 59.6 Å². The fourth-order valence-corrected chi connectivity index (χ4v) is 3.47. The summed E-state index contributed by atoms with van der Waals surface area (Å²) in [7, 11) is 0. The topological polar surface area (TPSA) is 76.2 Å². The van der Waals surface area contributed by atoms with Crippen molar-refractivity contribution >= 4 is 35.6 Å². The number of anilines is 1. The molecule has 0 saturated heterocycles. The summed E-state index contributed by atoms with van der Waals surface area (Å²) >= 11 is 5.49. The first-order valence-corrected chi connectivity index (χ1v) is 8.22. The molecule has 1 unspecified atom stereocenters. The number of hydrogen-bond acceptors (Lipinski definition) is 5. The quantitative estimate of drug-likeness (QED) is 0.492. The fourth-order valence-electron chi connectivity index (χ4n) is 2.18. The molecule has 1 aromatic heterocycles. The average Bonchev–Trinajstić information content (AvgIpc) is 3.00. The van der Waals surface area contributed by atoms with Gasteiger partial charge in [-0.05, 0) is 17.7 Å². The van der Waals surface area contributed by atoms with Crippen molar-refractivity contribution in [1.29, 1.82) is 0 Å². The number of thiol groups is 1. The lowest BCUT2D eigenvalue weighted by Crippen LogP contribution is -2.04. The zero-order valence-electron chi connectivity index (χ0n) is 12.0. The highest BCUT2D eigenvalue weighted by Gasteiger charge is 2.23. The summed E-state index contributed by atoms with van der Waals surface area (Å²) in [5, 5.41) is 8.71. The van der Waals surface area contributed by atoms with Gasteiger partial charge >= 0.3 is 5.97 Å². The second kappa shape index (κ2) is 6.44. The smallest absolute Gasteiger partial charge is 0.323 e. The second-order valence-corrected chi connectivity index (χ2v) is 6.51. The number of benzene rings is 2. The van der Waals surface area contributed by atoms with Crippen LogP contribution in [0.5, 0.6) is 0 Å². The first-order chi connectivity index (χ1) is 11.1. The van der Waals surface area contributed by atoms with Gasteiger partial charge < -0.3 is 10.8 Å². The summed E-state index contributed by atoms with van der Waals surface area (Å²) in [6, 6.07) is 17.1. The van der Waals surface area contributed by atoms with Crippen molar-refractivity contribution in [2.75, 3.05) is 5.73 Å². The van der Waals surface area contributed by atoms with Crippen molar-refractivity contribution in [3.8, 4) is 21.7 Å². The maximum Gasteiger partial charge on any atom is 0.323 e. The highest BCUT2D eigenvalue weighted by molar-refractivity contribution is 7.81. The molecule has 3 aromatic rings. The minimum atomic E-state index is -1.01. The van der Waals surface area contributed by atoms with Crippen LogP contribution in [-0.4, -0.2) is 16.1 Å². The summed E-state index contributed by atoms with van der Waals surface area (Å²) < 4.78 is 0. The number of carboxylic acid groups (broad SMARTS) is 1. The average molecular weight is 342 g/mol. The Morgan fingerprint density at radius 3 is 2.35 bits per heavy atom. The Morgan fingerprint density at radius 2 is 1.74 bits per heavy atom. The number of rotatable bonds is 4. The number of carboxylic acids is 1. The number of aliphatic carboxylic acids is 1. The summed E-state index contributed by atoms with van der Waals surface area (Å²) in [4.78, 5) is 16.7. The van der Waals surface area contributed by atoms with Gasteiger partial charge in [-0.3, -0.25) is 4.79 Å². The van der Waals surface area contributed by atoms with Crippen molar-refractivity contribution in [2.24, 2.45) is 0 Å². The molecule has 0 fully saturated rings. The van der Waals surface area contributed by atoms with E-state index < -0.39 is 11.2 Å². The molecule has 0 aliphatic rings. The number of nitrogens with two attached hydrogens (primary N) is 1. The van der Waals surface area contributed by atoms with Crippen LogP contribution in [0.4, 0.5) is 5.69 Å². The molecule has 0 aliphatic heterocycles. The molecule has 1 atom stereocenters. The SMILES string of the molecule is Nc1ccc(-c2sc(C(S)C(=O)O)nc2-c2ccccc2)cc1. The van der Waals surface area contributed by atoms with Crippen molar-refractivity contribution in [2.45, 2.75) is 5.25 Å². The number of carbonyl (C=O) groups is 1. The van der Waals surface area contributed by atoms with Crippen LogP contribution in [0.3, 0.4) is 0 Å². The van der Waals surface area contributed by atoms with E-state index in [2.05, 4.69) is 17.6 Å². The standard InChI is InChI=1S/C17H14N2O2S2/c18-12-8-6-11(7-9-12)15-13(10-4-2-1-3-5-10)19-16(23-15)14(22)17(20)21/h1-9,14,22H,18H2,(H,20,21). The summed E-state index contributed by atoms with van der Waals surface area (Å²) in [5.74, 6) is -1.01. The number of nitrogens with zero attached hydrogens (tertiary/aromatic N) is 1. The number of aromatic nitrogens is 1. The largest absolute Gasteiger partial charge is 0.480 e. The first kappa shape index (κ1) is 15.6. The van der Waals surface area contributed by atoms with E-state index in [-0.39, 0.29) is 0 Å². The van der Waals surface area contributed by atoms with E-state index in [1.807, 2.05) is 54.6 Å². The van der Waals surface area contributed by atoms with Crippen LogP contribution < -0.4 is 5.73 Å². The Labute approximate surface area is 143 Å². The molecule has 0 radical (unpaired) electrons. The Morgan fingerprint density at radius 1 is 1.09 bits per heavy atom. The number of hydrogen-bond donors (Lipinski definition) is 3.